The van der Waals surface area contributed by atoms with E-state index in [4.69, 9.17) is 0 Å². The van der Waals surface area contributed by atoms with Gasteiger partial charge in [-0.05, 0) is 19.8 Å². The molecule has 98 valence electrons. The SMILES string of the molecule is CC=CCSC1CCCN(c2cnn(C)c2)C1=O. The van der Waals surface area contributed by atoms with Gasteiger partial charge in [0.1, 0.15) is 0 Å². The summed E-state index contributed by atoms with van der Waals surface area (Å²) in [4.78, 5) is 14.2. The first-order valence-corrected chi connectivity index (χ1v) is 7.30. The molecule has 1 aromatic rings. The Balaban J connectivity index is 2.02. The van der Waals surface area contributed by atoms with Crippen LogP contribution in [0.3, 0.4) is 0 Å². The molecule has 1 aliphatic heterocycles. The number of nitrogens with zero attached hydrogens (tertiary/aromatic N) is 3. The Morgan fingerprint density at radius 2 is 2.44 bits per heavy atom. The van der Waals surface area contributed by atoms with Crippen LogP contribution in [0.5, 0.6) is 0 Å². The Bertz CT molecular complexity index is 441. The number of amides is 1. The summed E-state index contributed by atoms with van der Waals surface area (Å²) in [6.07, 6.45) is 9.83. The molecule has 2 rings (SSSR count). The third-order valence-electron chi connectivity index (χ3n) is 3.02. The average molecular weight is 265 g/mol. The first kappa shape index (κ1) is 13.2. The zero-order valence-corrected chi connectivity index (χ0v) is 11.7. The van der Waals surface area contributed by atoms with Crippen LogP contribution in [0.4, 0.5) is 5.69 Å². The monoisotopic (exact) mass is 265 g/mol. The molecule has 0 N–H and O–H groups in total. The van der Waals surface area contributed by atoms with Gasteiger partial charge in [-0.15, -0.1) is 11.8 Å². The van der Waals surface area contributed by atoms with Gasteiger partial charge in [-0.3, -0.25) is 9.48 Å². The lowest BCUT2D eigenvalue weighted by Gasteiger charge is -2.30. The summed E-state index contributed by atoms with van der Waals surface area (Å²) in [5, 5.41) is 4.22. The van der Waals surface area contributed by atoms with Gasteiger partial charge < -0.3 is 4.90 Å². The van der Waals surface area contributed by atoms with Crippen molar-refractivity contribution in [2.24, 2.45) is 7.05 Å². The van der Waals surface area contributed by atoms with E-state index in [1.165, 1.54) is 0 Å². The first-order valence-electron chi connectivity index (χ1n) is 6.25. The van der Waals surface area contributed by atoms with Gasteiger partial charge in [0.25, 0.3) is 0 Å². The number of piperidine rings is 1. The van der Waals surface area contributed by atoms with E-state index < -0.39 is 0 Å². The van der Waals surface area contributed by atoms with Crippen molar-refractivity contribution in [3.63, 3.8) is 0 Å². The molecule has 1 unspecified atom stereocenters. The third kappa shape index (κ3) is 2.96. The van der Waals surface area contributed by atoms with Gasteiger partial charge in [-0.2, -0.15) is 5.10 Å². The summed E-state index contributed by atoms with van der Waals surface area (Å²) in [5.41, 5.74) is 0.916. The minimum Gasteiger partial charge on any atom is -0.309 e. The summed E-state index contributed by atoms with van der Waals surface area (Å²) in [7, 11) is 1.87. The number of thioether (sulfide) groups is 1. The van der Waals surface area contributed by atoms with E-state index >= 15 is 0 Å². The Hall–Kier alpha value is -1.23. The van der Waals surface area contributed by atoms with Crippen molar-refractivity contribution in [1.29, 1.82) is 0 Å². The molecule has 0 saturated carbocycles. The second-order valence-electron chi connectivity index (χ2n) is 4.40. The quantitative estimate of drug-likeness (QED) is 0.784. The number of hydrogen-bond donors (Lipinski definition) is 0. The summed E-state index contributed by atoms with van der Waals surface area (Å²) >= 11 is 1.73. The second-order valence-corrected chi connectivity index (χ2v) is 5.63. The topological polar surface area (TPSA) is 38.1 Å². The van der Waals surface area contributed by atoms with Crippen LogP contribution < -0.4 is 4.90 Å². The van der Waals surface area contributed by atoms with Crippen LogP contribution in [0.25, 0.3) is 0 Å². The fourth-order valence-corrected chi connectivity index (χ4v) is 3.21. The highest BCUT2D eigenvalue weighted by Gasteiger charge is 2.30. The van der Waals surface area contributed by atoms with E-state index in [0.717, 1.165) is 30.8 Å². The highest BCUT2D eigenvalue weighted by atomic mass is 32.2. The Kier molecular flexibility index (Phi) is 4.47. The van der Waals surface area contributed by atoms with Gasteiger partial charge >= 0.3 is 0 Å². The second kappa shape index (κ2) is 6.09. The van der Waals surface area contributed by atoms with Crippen LogP contribution in [-0.2, 0) is 11.8 Å². The molecule has 0 spiro atoms. The predicted molar refractivity (Wildman–Crippen MR) is 75.9 cm³/mol. The number of aromatic nitrogens is 2. The van der Waals surface area contributed by atoms with E-state index in [1.54, 1.807) is 22.6 Å². The van der Waals surface area contributed by atoms with E-state index in [9.17, 15) is 4.79 Å². The van der Waals surface area contributed by atoms with Gasteiger partial charge in [0.05, 0.1) is 17.1 Å². The summed E-state index contributed by atoms with van der Waals surface area (Å²) in [5.74, 6) is 1.14. The van der Waals surface area contributed by atoms with Gasteiger partial charge in [0.15, 0.2) is 0 Å². The maximum absolute atomic E-state index is 12.4. The molecule has 0 bridgehead atoms. The molecule has 0 aliphatic carbocycles. The molecule has 1 aromatic heterocycles. The van der Waals surface area contributed by atoms with Crippen LogP contribution in [0.1, 0.15) is 19.8 Å². The lowest BCUT2D eigenvalue weighted by Crippen LogP contribution is -2.42. The van der Waals surface area contributed by atoms with Crippen LogP contribution in [0, 0.1) is 0 Å². The van der Waals surface area contributed by atoms with Crippen LogP contribution in [0.15, 0.2) is 24.5 Å². The van der Waals surface area contributed by atoms with E-state index in [2.05, 4.69) is 11.2 Å². The van der Waals surface area contributed by atoms with Gasteiger partial charge in [0.2, 0.25) is 5.91 Å². The smallest absolute Gasteiger partial charge is 0.240 e. The van der Waals surface area contributed by atoms with Crippen molar-refractivity contribution in [3.05, 3.63) is 24.5 Å². The largest absolute Gasteiger partial charge is 0.309 e. The van der Waals surface area contributed by atoms with Crippen LogP contribution in [-0.4, -0.2) is 33.2 Å². The van der Waals surface area contributed by atoms with Crippen LogP contribution >= 0.6 is 11.8 Å². The van der Waals surface area contributed by atoms with Crippen LogP contribution in [0.2, 0.25) is 0 Å². The van der Waals surface area contributed by atoms with Crippen molar-refractivity contribution in [2.45, 2.75) is 25.0 Å². The van der Waals surface area contributed by atoms with Gasteiger partial charge in [0, 0.05) is 25.5 Å². The summed E-state index contributed by atoms with van der Waals surface area (Å²) in [6, 6.07) is 0. The number of aryl methyl sites for hydroxylation is 1. The molecule has 0 aromatic carbocycles. The van der Waals surface area contributed by atoms with Crippen molar-refractivity contribution in [2.75, 3.05) is 17.2 Å². The fraction of sp³-hybridized carbons (Fsp3) is 0.538. The molecular weight excluding hydrogens is 246 g/mol. The molecule has 1 saturated heterocycles. The molecule has 1 atom stereocenters. The number of anilines is 1. The van der Waals surface area contributed by atoms with Crippen molar-refractivity contribution >= 4 is 23.4 Å². The Morgan fingerprint density at radius 1 is 1.61 bits per heavy atom. The highest BCUT2D eigenvalue weighted by Crippen LogP contribution is 2.27. The molecule has 0 radical (unpaired) electrons. The number of carbonyl (C=O) groups excluding carboxylic acids is 1. The van der Waals surface area contributed by atoms with Crippen molar-refractivity contribution in [3.8, 4) is 0 Å². The molecule has 2 heterocycles. The zero-order chi connectivity index (χ0) is 13.0. The minimum atomic E-state index is 0.0927. The van der Waals surface area contributed by atoms with E-state index in [0.29, 0.717) is 0 Å². The normalized spacial score (nSPS) is 20.9. The number of rotatable bonds is 4. The van der Waals surface area contributed by atoms with Crippen molar-refractivity contribution in [1.82, 2.24) is 9.78 Å². The standard InChI is InChI=1S/C13H19N3OS/c1-3-4-8-18-12-6-5-7-16(13(12)17)11-9-14-15(2)10-11/h3-4,9-10,12H,5-8H2,1-2H3. The predicted octanol–water partition coefficient (Wildman–Crippen LogP) is 2.22. The highest BCUT2D eigenvalue weighted by molar-refractivity contribution is 8.00. The minimum absolute atomic E-state index is 0.0927. The lowest BCUT2D eigenvalue weighted by molar-refractivity contribution is -0.119. The van der Waals surface area contributed by atoms with E-state index in [1.807, 2.05) is 31.1 Å². The molecule has 5 heteroatoms. The Labute approximate surface area is 112 Å². The Morgan fingerprint density at radius 3 is 3.11 bits per heavy atom. The molecule has 4 nitrogen and oxygen atoms in total. The number of hydrogen-bond acceptors (Lipinski definition) is 3. The summed E-state index contributed by atoms with van der Waals surface area (Å²) in [6.45, 7) is 2.82. The fourth-order valence-electron chi connectivity index (χ4n) is 2.07. The zero-order valence-electron chi connectivity index (χ0n) is 10.9. The molecular formula is C13H19N3OS. The molecule has 18 heavy (non-hydrogen) atoms. The maximum atomic E-state index is 12.4. The molecule has 1 amide bonds. The first-order chi connectivity index (χ1) is 8.72. The van der Waals surface area contributed by atoms with Crippen molar-refractivity contribution < 1.29 is 4.79 Å². The third-order valence-corrected chi connectivity index (χ3v) is 4.25. The summed E-state index contributed by atoms with van der Waals surface area (Å²) < 4.78 is 1.74. The molecule has 1 fully saturated rings. The average Bonchev–Trinajstić information content (AvgIpc) is 2.78. The lowest BCUT2D eigenvalue weighted by atomic mass is 10.1. The maximum Gasteiger partial charge on any atom is 0.240 e. The molecule has 1 aliphatic rings. The van der Waals surface area contributed by atoms with Gasteiger partial charge in [-0.1, -0.05) is 12.2 Å². The van der Waals surface area contributed by atoms with E-state index in [-0.39, 0.29) is 11.2 Å². The number of carbonyl (C=O) groups is 1. The van der Waals surface area contributed by atoms with Gasteiger partial charge in [-0.25, -0.2) is 0 Å². The number of allylic oxidation sites excluding steroid dienone is 1.